The zero-order valence-corrected chi connectivity index (χ0v) is 31.1. The Morgan fingerprint density at radius 1 is 0.426 bits per heavy atom. The number of benzene rings is 5. The second kappa shape index (κ2) is 18.3. The van der Waals surface area contributed by atoms with Gasteiger partial charge in [-0.05, 0) is 29.4 Å². The van der Waals surface area contributed by atoms with Crippen LogP contribution in [0.3, 0.4) is 0 Å². The molecule has 5 aromatic carbocycles. The molecule has 5 rings (SSSR count). The van der Waals surface area contributed by atoms with Gasteiger partial charge in [-0.2, -0.15) is 0 Å². The van der Waals surface area contributed by atoms with Crippen LogP contribution in [-0.4, -0.2) is 31.2 Å². The van der Waals surface area contributed by atoms with Crippen LogP contribution < -0.4 is 21.9 Å². The second-order valence-electron chi connectivity index (χ2n) is 12.8. The summed E-state index contributed by atoms with van der Waals surface area (Å²) in [5.41, 5.74) is -12.4. The molecule has 0 radical (unpaired) electrons. The molecule has 5 aromatic rings. The van der Waals surface area contributed by atoms with E-state index >= 15 is 35.1 Å². The van der Waals surface area contributed by atoms with E-state index in [1.807, 2.05) is 31.2 Å². The minimum atomic E-state index is -7.22. The van der Waals surface area contributed by atoms with E-state index < -0.39 is 144 Å². The molecular weight excluding hydrogens is 899 g/mol. The molecule has 0 N–H and O–H groups in total. The van der Waals surface area contributed by atoms with Gasteiger partial charge in [0.1, 0.15) is 58.4 Å². The summed E-state index contributed by atoms with van der Waals surface area (Å²) in [6.45, 7) is 2.48. The molecule has 328 valence electrons. The predicted molar refractivity (Wildman–Crippen MR) is 179 cm³/mol. The third kappa shape index (κ3) is 8.09. The first-order valence-corrected chi connectivity index (χ1v) is 18.6. The molecular formula is C37H19BF20O2S. The van der Waals surface area contributed by atoms with Gasteiger partial charge in [0.2, 0.25) is 0 Å². The van der Waals surface area contributed by atoms with Crippen LogP contribution in [0.5, 0.6) is 0 Å². The fourth-order valence-electron chi connectivity index (χ4n) is 6.22. The minimum absolute atomic E-state index is 0.222. The highest BCUT2D eigenvalue weighted by Gasteiger charge is 2.52. The molecule has 0 amide bonds. The molecule has 0 aliphatic rings. The van der Waals surface area contributed by atoms with Crippen LogP contribution in [0.1, 0.15) is 29.3 Å². The summed E-state index contributed by atoms with van der Waals surface area (Å²) in [4.78, 5) is 11.5. The fourth-order valence-corrected chi connectivity index (χ4v) is 7.08. The summed E-state index contributed by atoms with van der Waals surface area (Å²) in [6, 6.07) is 7.71. The number of hydrogen-bond acceptors (Lipinski definition) is 2. The van der Waals surface area contributed by atoms with Crippen molar-refractivity contribution in [3.63, 3.8) is 0 Å². The van der Waals surface area contributed by atoms with E-state index in [0.717, 1.165) is 12.2 Å². The maximum absolute atomic E-state index is 15.4. The van der Waals surface area contributed by atoms with Gasteiger partial charge in [-0.25, -0.2) is 92.6 Å². The van der Waals surface area contributed by atoms with Crippen molar-refractivity contribution < 1.29 is 97.3 Å². The topological polar surface area (TPSA) is 26.3 Å². The molecule has 0 atom stereocenters. The molecule has 0 saturated carbocycles. The smallest absolute Gasteiger partial charge is 0.338 e. The van der Waals surface area contributed by atoms with E-state index in [1.54, 1.807) is 0 Å². The van der Waals surface area contributed by atoms with E-state index in [9.17, 15) is 57.5 Å². The van der Waals surface area contributed by atoms with Gasteiger partial charge in [0.05, 0.1) is 24.7 Å². The number of ether oxygens (including phenoxy) is 1. The zero-order chi connectivity index (χ0) is 46.3. The largest absolute Gasteiger partial charge is 0.462 e. The van der Waals surface area contributed by atoms with Crippen LogP contribution in [0.2, 0.25) is 0 Å². The van der Waals surface area contributed by atoms with Crippen molar-refractivity contribution in [1.82, 2.24) is 0 Å². The van der Waals surface area contributed by atoms with E-state index in [-0.39, 0.29) is 5.97 Å². The summed E-state index contributed by atoms with van der Waals surface area (Å²) in [7, 11) is 0.395. The van der Waals surface area contributed by atoms with Crippen molar-refractivity contribution >= 4 is 44.9 Å². The van der Waals surface area contributed by atoms with Gasteiger partial charge < -0.3 is 4.74 Å². The van der Waals surface area contributed by atoms with Crippen molar-refractivity contribution in [2.24, 2.45) is 0 Å². The molecule has 0 aliphatic carbocycles. The summed E-state index contributed by atoms with van der Waals surface area (Å²) in [6.07, 6.45) is -1.93. The Balaban J connectivity index is 0.000000430. The molecule has 24 heteroatoms. The third-order valence-corrected chi connectivity index (χ3v) is 9.70. The van der Waals surface area contributed by atoms with Gasteiger partial charge in [0, 0.05) is 5.56 Å². The lowest BCUT2D eigenvalue weighted by molar-refractivity contribution is 0.0505. The number of carbonyl (C=O) groups is 1. The van der Waals surface area contributed by atoms with Crippen molar-refractivity contribution in [2.75, 3.05) is 19.1 Å². The molecule has 0 aliphatic heterocycles. The molecule has 0 aromatic heterocycles. The van der Waals surface area contributed by atoms with Gasteiger partial charge in [-0.1, -0.05) is 19.1 Å². The molecule has 0 heterocycles. The van der Waals surface area contributed by atoms with Crippen LogP contribution in [0.15, 0.2) is 24.3 Å². The van der Waals surface area contributed by atoms with Crippen molar-refractivity contribution in [2.45, 2.75) is 19.1 Å². The van der Waals surface area contributed by atoms with Gasteiger partial charge >= 0.3 is 5.97 Å². The van der Waals surface area contributed by atoms with Gasteiger partial charge in [-0.3, -0.25) is 0 Å². The molecule has 2 nitrogen and oxygen atoms in total. The molecule has 61 heavy (non-hydrogen) atoms. The molecule has 0 spiro atoms. The highest BCUT2D eigenvalue weighted by Crippen LogP contribution is 2.30. The molecule has 0 unspecified atom stereocenters. The second-order valence-corrected chi connectivity index (χ2v) is 15.0. The Hall–Kier alpha value is -5.42. The standard InChI is InChI=1S/C24BF20.C13H19O2S/c26-5-1(6(27)14(35)21(42)13(5)34)25(2-7(28)15(36)22(43)16(37)8(2)29,3-9(30)17(38)23(44)18(39)10(3)31)4-11(32)19(40)24(45)20(41)12(4)33;1-4-9-15-13(14)12-7-5-11(6-8-12)10-16(2)3/h;5-8H,4,9-10H2,1-3H3/q-1;+1. The Bertz CT molecular complexity index is 2170. The highest BCUT2D eigenvalue weighted by molar-refractivity contribution is 7.94. The summed E-state index contributed by atoms with van der Waals surface area (Å²) < 4.78 is 299. The number of rotatable bonds is 9. The lowest BCUT2D eigenvalue weighted by Gasteiger charge is -2.44. The maximum Gasteiger partial charge on any atom is 0.338 e. The van der Waals surface area contributed by atoms with Crippen LogP contribution in [0.4, 0.5) is 87.8 Å². The van der Waals surface area contributed by atoms with Crippen molar-refractivity contribution in [3.05, 3.63) is 152 Å². The Morgan fingerprint density at radius 2 is 0.656 bits per heavy atom. The Kier molecular flexibility index (Phi) is 14.5. The van der Waals surface area contributed by atoms with Gasteiger partial charge in [0.15, 0.2) is 69.8 Å². The Labute approximate surface area is 332 Å². The van der Waals surface area contributed by atoms with E-state index in [1.165, 1.54) is 5.56 Å². The molecule has 0 fully saturated rings. The average molecular weight is 918 g/mol. The van der Waals surface area contributed by atoms with Crippen LogP contribution in [0, 0.1) is 116 Å². The van der Waals surface area contributed by atoms with E-state index in [4.69, 9.17) is 4.74 Å². The zero-order valence-electron chi connectivity index (χ0n) is 30.3. The third-order valence-electron chi connectivity index (χ3n) is 8.79. The van der Waals surface area contributed by atoms with Crippen LogP contribution >= 0.6 is 0 Å². The first-order chi connectivity index (χ1) is 28.3. The highest BCUT2D eigenvalue weighted by atomic mass is 32.2. The average Bonchev–Trinajstić information content (AvgIpc) is 3.22. The van der Waals surface area contributed by atoms with Crippen molar-refractivity contribution in [3.8, 4) is 0 Å². The lowest BCUT2D eigenvalue weighted by Crippen LogP contribution is -2.81. The number of esters is 1. The first-order valence-electron chi connectivity index (χ1n) is 16.4. The molecule has 0 bridgehead atoms. The monoisotopic (exact) mass is 918 g/mol. The quantitative estimate of drug-likeness (QED) is 0.0371. The van der Waals surface area contributed by atoms with Crippen molar-refractivity contribution in [1.29, 1.82) is 0 Å². The summed E-state index contributed by atoms with van der Waals surface area (Å²) in [5, 5.41) is 0. The Morgan fingerprint density at radius 3 is 0.869 bits per heavy atom. The minimum Gasteiger partial charge on any atom is -0.462 e. The number of halogens is 20. The number of hydrogen-bond donors (Lipinski definition) is 0. The van der Waals surface area contributed by atoms with E-state index in [0.29, 0.717) is 23.1 Å². The number of carbonyl (C=O) groups excluding carboxylic acids is 1. The fraction of sp³-hybridized carbons (Fsp3) is 0.162. The van der Waals surface area contributed by atoms with E-state index in [2.05, 4.69) is 12.5 Å². The predicted octanol–water partition coefficient (Wildman–Crippen LogP) is 8.48. The van der Waals surface area contributed by atoms with Crippen LogP contribution in [-0.2, 0) is 21.4 Å². The van der Waals surface area contributed by atoms with Crippen LogP contribution in [0.25, 0.3) is 0 Å². The normalized spacial score (nSPS) is 11.6. The first kappa shape index (κ1) is 48.3. The van der Waals surface area contributed by atoms with Gasteiger partial charge in [0.25, 0.3) is 0 Å². The SMILES string of the molecule is CCCOC(=O)c1ccc(C[S+](C)C)cc1.Fc1c(F)c(F)c([B-](c2c(F)c(F)c(F)c(F)c2F)(c2c(F)c(F)c(F)c(F)c2F)c2c(F)c(F)c(F)c(F)c2F)c(F)c1F. The summed E-state index contributed by atoms with van der Waals surface area (Å²) >= 11 is 0. The summed E-state index contributed by atoms with van der Waals surface area (Å²) in [5.74, 6) is -70.6. The lowest BCUT2D eigenvalue weighted by atomic mass is 9.12. The maximum atomic E-state index is 15.4. The molecule has 0 saturated heterocycles. The van der Waals surface area contributed by atoms with Gasteiger partial charge in [-0.15, -0.1) is 21.9 Å².